The van der Waals surface area contributed by atoms with Crippen molar-refractivity contribution in [3.05, 3.63) is 34.9 Å². The molecule has 1 aromatic carbocycles. The van der Waals surface area contributed by atoms with Crippen LogP contribution in [-0.2, 0) is 29.8 Å². The molecule has 0 bridgehead atoms. The van der Waals surface area contributed by atoms with E-state index in [1.165, 1.54) is 0 Å². The monoisotopic (exact) mass is 212 g/mol. The Morgan fingerprint density at radius 3 is 2.36 bits per heavy atom. The van der Waals surface area contributed by atoms with Crippen molar-refractivity contribution in [2.45, 2.75) is 25.6 Å². The standard InChI is InChI=1S/C10H15NO2S/c1-2-8-3-9(6-11)5-10(4-8)7-14(12)13/h3-5H,2,6-7,11H2,1H3,(H,12,13)/p-1. The zero-order valence-electron chi connectivity index (χ0n) is 8.16. The predicted octanol–water partition coefficient (Wildman–Crippen LogP) is 1.09. The number of hydrogen-bond donors (Lipinski definition) is 1. The quantitative estimate of drug-likeness (QED) is 0.760. The van der Waals surface area contributed by atoms with E-state index in [1.54, 1.807) is 0 Å². The smallest absolute Gasteiger partial charge is 0.0353 e. The summed E-state index contributed by atoms with van der Waals surface area (Å²) in [5, 5.41) is 0. The zero-order valence-corrected chi connectivity index (χ0v) is 8.97. The highest BCUT2D eigenvalue weighted by molar-refractivity contribution is 7.78. The molecule has 0 saturated carbocycles. The maximum absolute atomic E-state index is 10.5. The molecular weight excluding hydrogens is 198 g/mol. The van der Waals surface area contributed by atoms with Crippen molar-refractivity contribution in [3.63, 3.8) is 0 Å². The van der Waals surface area contributed by atoms with Crippen LogP contribution in [0.1, 0.15) is 23.6 Å². The third-order valence-electron chi connectivity index (χ3n) is 2.04. The lowest BCUT2D eigenvalue weighted by atomic mass is 10.1. The molecule has 0 aromatic heterocycles. The lowest BCUT2D eigenvalue weighted by Gasteiger charge is -2.09. The van der Waals surface area contributed by atoms with Crippen LogP contribution in [-0.4, -0.2) is 8.76 Å². The van der Waals surface area contributed by atoms with E-state index in [2.05, 4.69) is 0 Å². The van der Waals surface area contributed by atoms with Gasteiger partial charge in [-0.2, -0.15) is 0 Å². The minimum absolute atomic E-state index is 0.0703. The van der Waals surface area contributed by atoms with Gasteiger partial charge in [0.15, 0.2) is 0 Å². The fraction of sp³-hybridized carbons (Fsp3) is 0.400. The minimum Gasteiger partial charge on any atom is -0.772 e. The summed E-state index contributed by atoms with van der Waals surface area (Å²) in [5.41, 5.74) is 8.46. The SMILES string of the molecule is CCc1cc(CN)cc(CS(=O)[O-])c1. The van der Waals surface area contributed by atoms with Gasteiger partial charge in [0.2, 0.25) is 0 Å². The number of nitrogens with two attached hydrogens (primary N) is 1. The molecule has 78 valence electrons. The van der Waals surface area contributed by atoms with E-state index in [4.69, 9.17) is 5.73 Å². The Labute approximate surface area is 86.6 Å². The summed E-state index contributed by atoms with van der Waals surface area (Å²) >= 11 is -2.03. The molecule has 1 unspecified atom stereocenters. The van der Waals surface area contributed by atoms with E-state index in [9.17, 15) is 8.76 Å². The maximum atomic E-state index is 10.5. The molecule has 0 heterocycles. The number of aryl methyl sites for hydroxylation is 1. The summed E-state index contributed by atoms with van der Waals surface area (Å²) in [7, 11) is 0. The van der Waals surface area contributed by atoms with Crippen molar-refractivity contribution in [3.8, 4) is 0 Å². The van der Waals surface area contributed by atoms with Gasteiger partial charge in [-0.05, 0) is 23.1 Å². The molecule has 2 N–H and O–H groups in total. The first-order valence-electron chi connectivity index (χ1n) is 4.53. The Hall–Kier alpha value is -0.710. The van der Waals surface area contributed by atoms with Gasteiger partial charge in [0.25, 0.3) is 0 Å². The second kappa shape index (κ2) is 5.24. The number of benzene rings is 1. The Balaban J connectivity index is 2.98. The zero-order chi connectivity index (χ0) is 10.6. The van der Waals surface area contributed by atoms with Crippen molar-refractivity contribution in [2.75, 3.05) is 0 Å². The molecule has 4 heteroatoms. The normalized spacial score (nSPS) is 12.8. The summed E-state index contributed by atoms with van der Waals surface area (Å²) in [4.78, 5) is 0. The summed E-state index contributed by atoms with van der Waals surface area (Å²) < 4.78 is 21.1. The van der Waals surface area contributed by atoms with E-state index in [0.29, 0.717) is 6.54 Å². The van der Waals surface area contributed by atoms with Crippen LogP contribution in [0.4, 0.5) is 0 Å². The first-order chi connectivity index (χ1) is 6.65. The molecule has 0 fully saturated rings. The van der Waals surface area contributed by atoms with Gasteiger partial charge in [0.1, 0.15) is 0 Å². The molecule has 0 saturated heterocycles. The molecule has 0 amide bonds. The second-order valence-electron chi connectivity index (χ2n) is 3.16. The first kappa shape index (κ1) is 11.4. The third kappa shape index (κ3) is 3.21. The molecular formula is C10H14NO2S-. The molecule has 1 rings (SSSR count). The fourth-order valence-corrected chi connectivity index (χ4v) is 1.82. The minimum atomic E-state index is -2.03. The third-order valence-corrected chi connectivity index (χ3v) is 2.61. The van der Waals surface area contributed by atoms with Gasteiger partial charge in [0.05, 0.1) is 0 Å². The van der Waals surface area contributed by atoms with Crippen molar-refractivity contribution in [1.29, 1.82) is 0 Å². The largest absolute Gasteiger partial charge is 0.772 e. The Bertz CT molecular complexity index is 317. The lowest BCUT2D eigenvalue weighted by Crippen LogP contribution is -2.01. The van der Waals surface area contributed by atoms with Gasteiger partial charge < -0.3 is 10.3 Å². The highest BCUT2D eigenvalue weighted by atomic mass is 32.2. The van der Waals surface area contributed by atoms with E-state index >= 15 is 0 Å². The van der Waals surface area contributed by atoms with Gasteiger partial charge >= 0.3 is 0 Å². The van der Waals surface area contributed by atoms with Crippen LogP contribution in [0.2, 0.25) is 0 Å². The van der Waals surface area contributed by atoms with Crippen LogP contribution in [0.25, 0.3) is 0 Å². The highest BCUT2D eigenvalue weighted by Gasteiger charge is 1.99. The van der Waals surface area contributed by atoms with Gasteiger partial charge in [-0.25, -0.2) is 0 Å². The van der Waals surface area contributed by atoms with Crippen molar-refractivity contribution < 1.29 is 8.76 Å². The van der Waals surface area contributed by atoms with Crippen LogP contribution in [0.3, 0.4) is 0 Å². The van der Waals surface area contributed by atoms with Gasteiger partial charge in [-0.3, -0.25) is 4.21 Å². The average molecular weight is 212 g/mol. The summed E-state index contributed by atoms with van der Waals surface area (Å²) in [6.45, 7) is 2.49. The van der Waals surface area contributed by atoms with Crippen LogP contribution < -0.4 is 5.73 Å². The van der Waals surface area contributed by atoms with Crippen LogP contribution >= 0.6 is 0 Å². The highest BCUT2D eigenvalue weighted by Crippen LogP contribution is 2.12. The molecule has 14 heavy (non-hydrogen) atoms. The predicted molar refractivity (Wildman–Crippen MR) is 56.3 cm³/mol. The van der Waals surface area contributed by atoms with E-state index in [1.807, 2.05) is 25.1 Å². The molecule has 1 atom stereocenters. The summed E-state index contributed by atoms with van der Waals surface area (Å²) in [5.74, 6) is 0.0703. The van der Waals surface area contributed by atoms with E-state index in [-0.39, 0.29) is 5.75 Å². The first-order valence-corrected chi connectivity index (χ1v) is 5.77. The van der Waals surface area contributed by atoms with Crippen LogP contribution in [0, 0.1) is 0 Å². The molecule has 0 aliphatic carbocycles. The fourth-order valence-electron chi connectivity index (χ4n) is 1.38. The van der Waals surface area contributed by atoms with Gasteiger partial charge in [-0.15, -0.1) is 0 Å². The molecule has 1 aromatic rings. The van der Waals surface area contributed by atoms with E-state index in [0.717, 1.165) is 23.1 Å². The maximum Gasteiger partial charge on any atom is 0.0353 e. The van der Waals surface area contributed by atoms with Crippen molar-refractivity contribution in [1.82, 2.24) is 0 Å². The van der Waals surface area contributed by atoms with Crippen molar-refractivity contribution >= 4 is 11.1 Å². The number of hydrogen-bond acceptors (Lipinski definition) is 3. The molecule has 0 spiro atoms. The Morgan fingerprint density at radius 1 is 1.29 bits per heavy atom. The Morgan fingerprint density at radius 2 is 1.86 bits per heavy atom. The van der Waals surface area contributed by atoms with Crippen LogP contribution in [0.5, 0.6) is 0 Å². The van der Waals surface area contributed by atoms with Crippen molar-refractivity contribution in [2.24, 2.45) is 5.73 Å². The molecule has 0 aliphatic rings. The molecule has 3 nitrogen and oxygen atoms in total. The van der Waals surface area contributed by atoms with Gasteiger partial charge in [0, 0.05) is 12.3 Å². The van der Waals surface area contributed by atoms with Crippen LogP contribution in [0.15, 0.2) is 18.2 Å². The molecule has 0 aliphatic heterocycles. The topological polar surface area (TPSA) is 66.2 Å². The lowest BCUT2D eigenvalue weighted by molar-refractivity contribution is 0.536. The number of rotatable bonds is 4. The Kier molecular flexibility index (Phi) is 4.25. The summed E-state index contributed by atoms with van der Waals surface area (Å²) in [6.07, 6.45) is 0.895. The average Bonchev–Trinajstić information content (AvgIpc) is 2.16. The summed E-state index contributed by atoms with van der Waals surface area (Å²) in [6, 6.07) is 5.77. The second-order valence-corrected chi connectivity index (χ2v) is 4.06. The molecule has 0 radical (unpaired) electrons. The van der Waals surface area contributed by atoms with Gasteiger partial charge in [-0.1, -0.05) is 36.2 Å². The van der Waals surface area contributed by atoms with E-state index < -0.39 is 11.1 Å².